The third-order valence-electron chi connectivity index (χ3n) is 7.66. The van der Waals surface area contributed by atoms with Crippen molar-refractivity contribution >= 4 is 5.69 Å². The Morgan fingerprint density at radius 2 is 1.21 bits per heavy atom. The number of hydrogen-bond acceptors (Lipinski definition) is 4. The summed E-state index contributed by atoms with van der Waals surface area (Å²) >= 11 is 0. The van der Waals surface area contributed by atoms with Crippen LogP contribution >= 0.6 is 0 Å². The van der Waals surface area contributed by atoms with E-state index in [4.69, 9.17) is 26.3 Å². The Morgan fingerprint density at radius 1 is 0.605 bits per heavy atom. The van der Waals surface area contributed by atoms with Crippen LogP contribution in [-0.4, -0.2) is 15.0 Å². The molecule has 0 fully saturated rings. The molecule has 6 aromatic rings. The number of nitrogens with zero attached hydrogens (tertiary/aromatic N) is 4. The van der Waals surface area contributed by atoms with Crippen LogP contribution in [0.15, 0.2) is 115 Å². The standard InChI is InChI=1S/C37H25FN4O/c1-37(2)32-22-27(15-20-30(32)31-9-4-5-10-33(31)43-37)36-41-34(24-13-18-29(39-3)19-14-24)40-35(42-36)26-8-6-7-25(21-26)23-11-16-28(38)17-12-23/h4-22H,1-2H3. The summed E-state index contributed by atoms with van der Waals surface area (Å²) in [6.07, 6.45) is 0. The molecule has 0 unspecified atom stereocenters. The zero-order valence-corrected chi connectivity index (χ0v) is 23.5. The fourth-order valence-electron chi connectivity index (χ4n) is 5.45. The van der Waals surface area contributed by atoms with E-state index in [0.717, 1.165) is 50.3 Å². The Labute approximate surface area is 249 Å². The van der Waals surface area contributed by atoms with Gasteiger partial charge < -0.3 is 4.74 Å². The predicted octanol–water partition coefficient (Wildman–Crippen LogP) is 9.52. The summed E-state index contributed by atoms with van der Waals surface area (Å²) in [4.78, 5) is 18.2. The van der Waals surface area contributed by atoms with Gasteiger partial charge in [0.1, 0.15) is 17.2 Å². The van der Waals surface area contributed by atoms with Gasteiger partial charge in [-0.05, 0) is 60.9 Å². The molecule has 1 aliphatic heterocycles. The first kappa shape index (κ1) is 26.2. The summed E-state index contributed by atoms with van der Waals surface area (Å²) in [7, 11) is 0. The van der Waals surface area contributed by atoms with Crippen molar-refractivity contribution in [3.05, 3.63) is 138 Å². The number of halogens is 1. The van der Waals surface area contributed by atoms with Gasteiger partial charge in [-0.1, -0.05) is 84.9 Å². The van der Waals surface area contributed by atoms with Gasteiger partial charge in [-0.3, -0.25) is 0 Å². The average molecular weight is 561 g/mol. The van der Waals surface area contributed by atoms with Crippen LogP contribution in [0.1, 0.15) is 19.4 Å². The lowest BCUT2D eigenvalue weighted by molar-refractivity contribution is 0.106. The molecule has 1 aromatic heterocycles. The normalized spacial score (nSPS) is 12.9. The second-order valence-corrected chi connectivity index (χ2v) is 10.9. The molecule has 0 amide bonds. The highest BCUT2D eigenvalue weighted by molar-refractivity contribution is 5.80. The fourth-order valence-corrected chi connectivity index (χ4v) is 5.45. The summed E-state index contributed by atoms with van der Waals surface area (Å²) < 4.78 is 20.0. The van der Waals surface area contributed by atoms with Gasteiger partial charge in [-0.15, -0.1) is 0 Å². The second kappa shape index (κ2) is 10.3. The summed E-state index contributed by atoms with van der Waals surface area (Å²) in [6, 6.07) is 35.8. The van der Waals surface area contributed by atoms with Crippen molar-refractivity contribution in [1.29, 1.82) is 0 Å². The number of hydrogen-bond donors (Lipinski definition) is 0. The third-order valence-corrected chi connectivity index (χ3v) is 7.66. The molecule has 0 spiro atoms. The minimum atomic E-state index is -0.558. The summed E-state index contributed by atoms with van der Waals surface area (Å²) in [6.45, 7) is 11.5. The van der Waals surface area contributed by atoms with Gasteiger partial charge in [0.15, 0.2) is 23.2 Å². The molecular weight excluding hydrogens is 535 g/mol. The largest absolute Gasteiger partial charge is 0.482 e. The number of rotatable bonds is 4. The van der Waals surface area contributed by atoms with E-state index in [1.165, 1.54) is 12.1 Å². The maximum Gasteiger partial charge on any atom is 0.187 e. The highest BCUT2D eigenvalue weighted by Gasteiger charge is 2.33. The number of aromatic nitrogens is 3. The molecule has 43 heavy (non-hydrogen) atoms. The molecule has 6 heteroatoms. The maximum absolute atomic E-state index is 13.6. The first-order valence-electron chi connectivity index (χ1n) is 13.9. The number of ether oxygens (including phenoxy) is 1. The van der Waals surface area contributed by atoms with Gasteiger partial charge >= 0.3 is 0 Å². The van der Waals surface area contributed by atoms with Gasteiger partial charge in [0, 0.05) is 27.8 Å². The molecule has 1 aliphatic rings. The first-order chi connectivity index (χ1) is 20.9. The van der Waals surface area contributed by atoms with E-state index in [1.54, 1.807) is 24.3 Å². The van der Waals surface area contributed by atoms with Crippen molar-refractivity contribution in [1.82, 2.24) is 15.0 Å². The van der Waals surface area contributed by atoms with Crippen molar-refractivity contribution in [2.75, 3.05) is 0 Å². The highest BCUT2D eigenvalue weighted by atomic mass is 19.1. The van der Waals surface area contributed by atoms with Gasteiger partial charge in [0.2, 0.25) is 0 Å². The molecule has 0 atom stereocenters. The van der Waals surface area contributed by atoms with E-state index in [1.807, 2.05) is 60.7 Å². The van der Waals surface area contributed by atoms with Crippen molar-refractivity contribution in [2.24, 2.45) is 0 Å². The Bertz CT molecular complexity index is 2040. The Morgan fingerprint density at radius 3 is 1.93 bits per heavy atom. The van der Waals surface area contributed by atoms with Crippen LogP contribution in [0.2, 0.25) is 0 Å². The fraction of sp³-hybridized carbons (Fsp3) is 0.0811. The van der Waals surface area contributed by atoms with Crippen LogP contribution in [0.4, 0.5) is 10.1 Å². The summed E-state index contributed by atoms with van der Waals surface area (Å²) in [5, 5.41) is 0. The average Bonchev–Trinajstić information content (AvgIpc) is 3.04. The molecule has 0 aliphatic carbocycles. The monoisotopic (exact) mass is 560 g/mol. The molecule has 5 aromatic carbocycles. The lowest BCUT2D eigenvalue weighted by atomic mass is 9.85. The molecule has 0 N–H and O–H groups in total. The first-order valence-corrected chi connectivity index (χ1v) is 13.9. The van der Waals surface area contributed by atoms with E-state index in [-0.39, 0.29) is 5.82 Å². The van der Waals surface area contributed by atoms with Crippen molar-refractivity contribution < 1.29 is 9.13 Å². The number of fused-ring (bicyclic) bond motifs is 3. The summed E-state index contributed by atoms with van der Waals surface area (Å²) in [5.41, 5.74) is 7.45. The van der Waals surface area contributed by atoms with Crippen LogP contribution in [0.25, 0.3) is 61.3 Å². The molecule has 5 nitrogen and oxygen atoms in total. The molecule has 0 bridgehead atoms. The van der Waals surface area contributed by atoms with E-state index < -0.39 is 5.60 Å². The zero-order valence-electron chi connectivity index (χ0n) is 23.5. The van der Waals surface area contributed by atoms with Gasteiger partial charge in [0.25, 0.3) is 0 Å². The maximum atomic E-state index is 13.6. The molecule has 2 heterocycles. The Kier molecular flexibility index (Phi) is 6.29. The third kappa shape index (κ3) is 4.92. The minimum Gasteiger partial charge on any atom is -0.482 e. The van der Waals surface area contributed by atoms with Crippen molar-refractivity contribution in [3.63, 3.8) is 0 Å². The van der Waals surface area contributed by atoms with Crippen molar-refractivity contribution in [3.8, 4) is 62.2 Å². The van der Waals surface area contributed by atoms with E-state index in [2.05, 4.69) is 36.9 Å². The molecule has 7 rings (SSSR count). The predicted molar refractivity (Wildman–Crippen MR) is 167 cm³/mol. The lowest BCUT2D eigenvalue weighted by Gasteiger charge is -2.35. The highest BCUT2D eigenvalue weighted by Crippen LogP contribution is 2.46. The van der Waals surface area contributed by atoms with Crippen LogP contribution in [0, 0.1) is 12.4 Å². The molecule has 0 saturated carbocycles. The molecular formula is C37H25FN4O. The molecule has 206 valence electrons. The lowest BCUT2D eigenvalue weighted by Crippen LogP contribution is -2.29. The van der Waals surface area contributed by atoms with Crippen LogP contribution in [-0.2, 0) is 5.60 Å². The minimum absolute atomic E-state index is 0.280. The Hall–Kier alpha value is -5.67. The van der Waals surface area contributed by atoms with Gasteiger partial charge in [-0.25, -0.2) is 24.2 Å². The number of para-hydroxylation sites is 1. The van der Waals surface area contributed by atoms with Gasteiger partial charge in [-0.2, -0.15) is 0 Å². The summed E-state index contributed by atoms with van der Waals surface area (Å²) in [5.74, 6) is 2.12. The van der Waals surface area contributed by atoms with Crippen LogP contribution in [0.3, 0.4) is 0 Å². The van der Waals surface area contributed by atoms with Crippen LogP contribution in [0.5, 0.6) is 5.75 Å². The van der Waals surface area contributed by atoms with E-state index >= 15 is 0 Å². The SMILES string of the molecule is [C-]#[N+]c1ccc(-c2nc(-c3cccc(-c4ccc(F)cc4)c3)nc(-c3ccc4c(c3)C(C)(C)Oc3ccccc3-4)n2)cc1. The topological polar surface area (TPSA) is 52.3 Å². The smallest absolute Gasteiger partial charge is 0.187 e. The molecule has 0 radical (unpaired) electrons. The van der Waals surface area contributed by atoms with E-state index in [9.17, 15) is 4.39 Å². The van der Waals surface area contributed by atoms with Crippen molar-refractivity contribution in [2.45, 2.75) is 19.4 Å². The van der Waals surface area contributed by atoms with Crippen LogP contribution < -0.4 is 4.74 Å². The Balaban J connectivity index is 1.39. The number of benzene rings is 5. The second-order valence-electron chi connectivity index (χ2n) is 10.9. The quantitative estimate of drug-likeness (QED) is 0.202. The molecule has 0 saturated heterocycles. The van der Waals surface area contributed by atoms with Gasteiger partial charge in [0.05, 0.1) is 6.57 Å². The zero-order chi connectivity index (χ0) is 29.6. The van der Waals surface area contributed by atoms with E-state index in [0.29, 0.717) is 23.2 Å².